The highest BCUT2D eigenvalue weighted by Crippen LogP contribution is 1.96. The molecule has 0 N–H and O–H groups in total. The molecule has 0 aliphatic carbocycles. The maximum Gasteiger partial charge on any atom is 0.302 e. The van der Waals surface area contributed by atoms with Crippen LogP contribution in [0.5, 0.6) is 0 Å². The molecule has 0 spiro atoms. The Morgan fingerprint density at radius 2 is 1.53 bits per heavy atom. The first-order chi connectivity index (χ1) is 7.06. The molecule has 0 aliphatic rings. The Labute approximate surface area is 88.4 Å². The molecule has 0 amide bonds. The van der Waals surface area contributed by atoms with E-state index < -0.39 is 18.0 Å². The second-order valence-corrected chi connectivity index (χ2v) is 2.80. The molecule has 0 heterocycles. The van der Waals surface area contributed by atoms with E-state index in [4.69, 9.17) is 14.2 Å². The molecule has 0 fully saturated rings. The fourth-order valence-corrected chi connectivity index (χ4v) is 0.729. The first kappa shape index (κ1) is 13.9. The van der Waals surface area contributed by atoms with E-state index in [0.717, 1.165) is 0 Å². The summed E-state index contributed by atoms with van der Waals surface area (Å²) in [7, 11) is 1.47. The normalized spacial score (nSPS) is 10.1. The van der Waals surface area contributed by atoms with Crippen molar-refractivity contribution in [3.8, 4) is 0 Å². The molecule has 0 saturated heterocycles. The number of hydrogen-bond donors (Lipinski definition) is 0. The number of carbonyl (C=O) groups is 2. The van der Waals surface area contributed by atoms with Crippen LogP contribution in [0.3, 0.4) is 0 Å². The average molecular weight is 220 g/mol. The van der Waals surface area contributed by atoms with Crippen molar-refractivity contribution in [3.63, 3.8) is 0 Å². The van der Waals surface area contributed by atoms with Gasteiger partial charge in [-0.15, -0.1) is 0 Å². The van der Waals surface area contributed by atoms with Gasteiger partial charge < -0.3 is 18.9 Å². The summed E-state index contributed by atoms with van der Waals surface area (Å²) in [5.74, 6) is -0.826. The van der Waals surface area contributed by atoms with Gasteiger partial charge in [0.1, 0.15) is 26.1 Å². The van der Waals surface area contributed by atoms with Crippen LogP contribution in [0.25, 0.3) is 0 Å². The van der Waals surface area contributed by atoms with Crippen LogP contribution in [0.15, 0.2) is 0 Å². The van der Waals surface area contributed by atoms with E-state index in [2.05, 4.69) is 4.74 Å². The van der Waals surface area contributed by atoms with Gasteiger partial charge in [0, 0.05) is 21.0 Å². The van der Waals surface area contributed by atoms with E-state index in [-0.39, 0.29) is 20.0 Å². The predicted molar refractivity (Wildman–Crippen MR) is 50.0 cm³/mol. The molecule has 0 rings (SSSR count). The van der Waals surface area contributed by atoms with Crippen molar-refractivity contribution < 1.29 is 28.5 Å². The minimum Gasteiger partial charge on any atom is -0.463 e. The molecular weight excluding hydrogens is 204 g/mol. The fourth-order valence-electron chi connectivity index (χ4n) is 0.729. The monoisotopic (exact) mass is 220 g/mol. The summed E-state index contributed by atoms with van der Waals surface area (Å²) < 4.78 is 19.2. The summed E-state index contributed by atoms with van der Waals surface area (Å²) in [6.45, 7) is 2.70. The van der Waals surface area contributed by atoms with Gasteiger partial charge in [0.15, 0.2) is 0 Å². The second kappa shape index (κ2) is 8.19. The number of esters is 2. The largest absolute Gasteiger partial charge is 0.463 e. The summed E-state index contributed by atoms with van der Waals surface area (Å²) >= 11 is 0. The standard InChI is InChI=1S/C9H16O6/c1-7(10)13-4-9(15-6-12-3)5-14-8(2)11/h9H,4-6H2,1-3H3. The van der Waals surface area contributed by atoms with Gasteiger partial charge in [0.25, 0.3) is 0 Å². The summed E-state index contributed by atoms with van der Waals surface area (Å²) in [4.78, 5) is 21.1. The molecule has 0 aliphatic heterocycles. The molecule has 88 valence electrons. The molecule has 15 heavy (non-hydrogen) atoms. The minimum absolute atomic E-state index is 0.0337. The molecular formula is C9H16O6. The lowest BCUT2D eigenvalue weighted by molar-refractivity contribution is -0.160. The van der Waals surface area contributed by atoms with Gasteiger partial charge in [0.05, 0.1) is 0 Å². The third-order valence-corrected chi connectivity index (χ3v) is 1.37. The highest BCUT2D eigenvalue weighted by molar-refractivity contribution is 5.66. The van der Waals surface area contributed by atoms with E-state index in [0.29, 0.717) is 0 Å². The van der Waals surface area contributed by atoms with E-state index >= 15 is 0 Å². The highest BCUT2D eigenvalue weighted by atomic mass is 16.7. The topological polar surface area (TPSA) is 71.1 Å². The second-order valence-electron chi connectivity index (χ2n) is 2.80. The van der Waals surface area contributed by atoms with Gasteiger partial charge in [-0.3, -0.25) is 9.59 Å². The Morgan fingerprint density at radius 1 is 1.07 bits per heavy atom. The molecule has 0 bridgehead atoms. The Bertz CT molecular complexity index is 185. The molecule has 6 nitrogen and oxygen atoms in total. The van der Waals surface area contributed by atoms with Gasteiger partial charge in [-0.05, 0) is 0 Å². The first-order valence-corrected chi connectivity index (χ1v) is 4.43. The molecule has 0 atom stereocenters. The van der Waals surface area contributed by atoms with Crippen LogP contribution in [-0.4, -0.2) is 45.2 Å². The number of methoxy groups -OCH3 is 1. The van der Waals surface area contributed by atoms with Crippen molar-refractivity contribution in [2.75, 3.05) is 27.1 Å². The lowest BCUT2D eigenvalue weighted by atomic mass is 10.4. The summed E-state index contributed by atoms with van der Waals surface area (Å²) in [5.41, 5.74) is 0. The van der Waals surface area contributed by atoms with Crippen LogP contribution >= 0.6 is 0 Å². The van der Waals surface area contributed by atoms with Crippen LogP contribution in [0, 0.1) is 0 Å². The van der Waals surface area contributed by atoms with E-state index in [9.17, 15) is 9.59 Å². The Balaban J connectivity index is 3.82. The maximum absolute atomic E-state index is 10.5. The quantitative estimate of drug-likeness (QED) is 0.447. The van der Waals surface area contributed by atoms with E-state index in [1.807, 2.05) is 0 Å². The van der Waals surface area contributed by atoms with Crippen molar-refractivity contribution >= 4 is 11.9 Å². The molecule has 6 heteroatoms. The molecule has 0 aromatic carbocycles. The summed E-state index contributed by atoms with van der Waals surface area (Å²) in [6.07, 6.45) is -0.502. The van der Waals surface area contributed by atoms with Gasteiger partial charge in [0.2, 0.25) is 0 Å². The zero-order valence-corrected chi connectivity index (χ0v) is 9.15. The summed E-state index contributed by atoms with van der Waals surface area (Å²) in [5, 5.41) is 0. The number of rotatable bonds is 7. The van der Waals surface area contributed by atoms with Crippen LogP contribution in [-0.2, 0) is 28.5 Å². The third-order valence-electron chi connectivity index (χ3n) is 1.37. The van der Waals surface area contributed by atoms with Crippen molar-refractivity contribution in [2.45, 2.75) is 20.0 Å². The van der Waals surface area contributed by atoms with Crippen molar-refractivity contribution in [2.24, 2.45) is 0 Å². The summed E-state index contributed by atoms with van der Waals surface area (Å²) in [6, 6.07) is 0. The SMILES string of the molecule is COCOC(COC(C)=O)COC(C)=O. The van der Waals surface area contributed by atoms with E-state index in [1.165, 1.54) is 21.0 Å². The number of hydrogen-bond acceptors (Lipinski definition) is 6. The third kappa shape index (κ3) is 9.17. The molecule has 0 aromatic rings. The van der Waals surface area contributed by atoms with E-state index in [1.54, 1.807) is 0 Å². The molecule has 0 radical (unpaired) electrons. The Morgan fingerprint density at radius 3 is 1.87 bits per heavy atom. The number of ether oxygens (including phenoxy) is 4. The zero-order chi connectivity index (χ0) is 11.7. The average Bonchev–Trinajstić information content (AvgIpc) is 2.16. The Hall–Kier alpha value is -1.14. The van der Waals surface area contributed by atoms with Crippen LogP contribution < -0.4 is 0 Å². The molecule has 0 aromatic heterocycles. The number of carbonyl (C=O) groups excluding carboxylic acids is 2. The smallest absolute Gasteiger partial charge is 0.302 e. The van der Waals surface area contributed by atoms with Crippen molar-refractivity contribution in [1.82, 2.24) is 0 Å². The molecule has 0 saturated carbocycles. The molecule has 0 unspecified atom stereocenters. The predicted octanol–water partition coefficient (Wildman–Crippen LogP) is 0.102. The van der Waals surface area contributed by atoms with Crippen molar-refractivity contribution in [1.29, 1.82) is 0 Å². The Kier molecular flexibility index (Phi) is 7.57. The van der Waals surface area contributed by atoms with Gasteiger partial charge in [-0.1, -0.05) is 0 Å². The zero-order valence-electron chi connectivity index (χ0n) is 9.15. The highest BCUT2D eigenvalue weighted by Gasteiger charge is 2.12. The van der Waals surface area contributed by atoms with Crippen molar-refractivity contribution in [3.05, 3.63) is 0 Å². The van der Waals surface area contributed by atoms with Gasteiger partial charge >= 0.3 is 11.9 Å². The van der Waals surface area contributed by atoms with Crippen LogP contribution in [0.1, 0.15) is 13.8 Å². The van der Waals surface area contributed by atoms with Crippen LogP contribution in [0.2, 0.25) is 0 Å². The lowest BCUT2D eigenvalue weighted by Crippen LogP contribution is -2.28. The van der Waals surface area contributed by atoms with Crippen LogP contribution in [0.4, 0.5) is 0 Å². The fraction of sp³-hybridized carbons (Fsp3) is 0.778. The van der Waals surface area contributed by atoms with Gasteiger partial charge in [-0.2, -0.15) is 0 Å². The first-order valence-electron chi connectivity index (χ1n) is 4.43. The lowest BCUT2D eigenvalue weighted by Gasteiger charge is -2.16. The van der Waals surface area contributed by atoms with Gasteiger partial charge in [-0.25, -0.2) is 0 Å². The minimum atomic E-state index is -0.502. The maximum atomic E-state index is 10.5.